The lowest BCUT2D eigenvalue weighted by atomic mass is 10.3. The summed E-state index contributed by atoms with van der Waals surface area (Å²) in [4.78, 5) is 23.3. The molecular weight excluding hydrogens is 264 g/mol. The summed E-state index contributed by atoms with van der Waals surface area (Å²) in [6.45, 7) is 4.74. The number of hydrogen-bond donors (Lipinski definition) is 1. The molecule has 0 saturated heterocycles. The zero-order chi connectivity index (χ0) is 15.0. The van der Waals surface area contributed by atoms with E-state index < -0.39 is 5.97 Å². The van der Waals surface area contributed by atoms with Crippen molar-refractivity contribution in [1.82, 2.24) is 20.3 Å². The minimum absolute atomic E-state index is 0.0319. The number of nitrogens with one attached hydrogen (secondary N) is 1. The molecule has 0 aliphatic carbocycles. The Bertz CT molecular complexity index is 458. The van der Waals surface area contributed by atoms with E-state index in [0.29, 0.717) is 18.8 Å². The highest BCUT2D eigenvalue weighted by Gasteiger charge is 2.18. The van der Waals surface area contributed by atoms with Crippen molar-refractivity contribution in [2.45, 2.75) is 26.8 Å². The molecule has 0 unspecified atom stereocenters. The van der Waals surface area contributed by atoms with Gasteiger partial charge in [0, 0.05) is 13.7 Å². The van der Waals surface area contributed by atoms with Gasteiger partial charge in [0.15, 0.2) is 5.69 Å². The maximum absolute atomic E-state index is 11.7. The van der Waals surface area contributed by atoms with Gasteiger partial charge in [-0.2, -0.15) is 0 Å². The van der Waals surface area contributed by atoms with Gasteiger partial charge < -0.3 is 14.8 Å². The lowest BCUT2D eigenvalue weighted by Gasteiger charge is -2.05. The number of aromatic nitrogens is 3. The maximum Gasteiger partial charge on any atom is 0.360 e. The summed E-state index contributed by atoms with van der Waals surface area (Å²) < 4.78 is 11.1. The summed E-state index contributed by atoms with van der Waals surface area (Å²) in [5, 5.41) is 10.3. The van der Waals surface area contributed by atoms with E-state index in [-0.39, 0.29) is 24.8 Å². The number of hydrogen-bond acceptors (Lipinski definition) is 6. The Labute approximate surface area is 117 Å². The van der Waals surface area contributed by atoms with Crippen LogP contribution in [0.5, 0.6) is 0 Å². The van der Waals surface area contributed by atoms with E-state index in [1.165, 1.54) is 11.8 Å². The van der Waals surface area contributed by atoms with Crippen LogP contribution in [0, 0.1) is 6.92 Å². The van der Waals surface area contributed by atoms with Crippen molar-refractivity contribution in [1.29, 1.82) is 0 Å². The van der Waals surface area contributed by atoms with E-state index >= 15 is 0 Å². The Morgan fingerprint density at radius 2 is 2.10 bits per heavy atom. The minimum atomic E-state index is -0.570. The highest BCUT2D eigenvalue weighted by Crippen LogP contribution is 2.05. The van der Waals surface area contributed by atoms with Crippen molar-refractivity contribution < 1.29 is 19.1 Å². The third-order valence-electron chi connectivity index (χ3n) is 2.56. The van der Waals surface area contributed by atoms with Crippen LogP contribution in [0.4, 0.5) is 0 Å². The number of amides is 1. The van der Waals surface area contributed by atoms with E-state index in [4.69, 9.17) is 9.47 Å². The van der Waals surface area contributed by atoms with Gasteiger partial charge in [-0.05, 0) is 13.3 Å². The fourth-order valence-electron chi connectivity index (χ4n) is 1.44. The number of rotatable bonds is 8. The predicted molar refractivity (Wildman–Crippen MR) is 70.2 cm³/mol. The number of nitrogens with zero attached hydrogens (tertiary/aromatic N) is 3. The van der Waals surface area contributed by atoms with E-state index in [1.54, 1.807) is 6.92 Å². The highest BCUT2D eigenvalue weighted by molar-refractivity contribution is 5.88. The van der Waals surface area contributed by atoms with Crippen LogP contribution in [0.15, 0.2) is 0 Å². The van der Waals surface area contributed by atoms with Crippen molar-refractivity contribution in [3.63, 3.8) is 0 Å². The highest BCUT2D eigenvalue weighted by atomic mass is 16.6. The number of esters is 1. The molecule has 0 aliphatic heterocycles. The van der Waals surface area contributed by atoms with Crippen LogP contribution < -0.4 is 5.32 Å². The molecule has 0 aromatic carbocycles. The fraction of sp³-hybridized carbons (Fsp3) is 0.667. The van der Waals surface area contributed by atoms with Crippen molar-refractivity contribution in [3.8, 4) is 0 Å². The average molecular weight is 284 g/mol. The van der Waals surface area contributed by atoms with Crippen molar-refractivity contribution >= 4 is 11.9 Å². The molecule has 1 rings (SSSR count). The Hall–Kier alpha value is -1.96. The van der Waals surface area contributed by atoms with Gasteiger partial charge >= 0.3 is 5.97 Å². The van der Waals surface area contributed by atoms with Crippen LogP contribution in [0.2, 0.25) is 0 Å². The largest absolute Gasteiger partial charge is 0.458 e. The van der Waals surface area contributed by atoms with Crippen molar-refractivity contribution in [2.75, 3.05) is 26.9 Å². The van der Waals surface area contributed by atoms with Crippen LogP contribution in [0.25, 0.3) is 0 Å². The number of methoxy groups -OCH3 is 1. The quantitative estimate of drug-likeness (QED) is 0.530. The maximum atomic E-state index is 11.7. The van der Waals surface area contributed by atoms with Crippen LogP contribution in [0.3, 0.4) is 0 Å². The molecule has 0 spiro atoms. The third-order valence-corrected chi connectivity index (χ3v) is 2.56. The van der Waals surface area contributed by atoms with Crippen molar-refractivity contribution in [3.05, 3.63) is 11.4 Å². The van der Waals surface area contributed by atoms with Crippen molar-refractivity contribution in [2.24, 2.45) is 0 Å². The molecule has 0 radical (unpaired) electrons. The zero-order valence-electron chi connectivity index (χ0n) is 12.0. The first kappa shape index (κ1) is 16.1. The van der Waals surface area contributed by atoms with E-state index in [9.17, 15) is 9.59 Å². The second-order valence-electron chi connectivity index (χ2n) is 4.16. The van der Waals surface area contributed by atoms with Crippen LogP contribution >= 0.6 is 0 Å². The molecule has 8 heteroatoms. The Morgan fingerprint density at radius 3 is 2.75 bits per heavy atom. The van der Waals surface area contributed by atoms with Gasteiger partial charge in [-0.3, -0.25) is 4.79 Å². The molecule has 8 nitrogen and oxygen atoms in total. The smallest absolute Gasteiger partial charge is 0.360 e. The van der Waals surface area contributed by atoms with Gasteiger partial charge in [-0.25, -0.2) is 9.48 Å². The Kier molecular flexibility index (Phi) is 6.65. The van der Waals surface area contributed by atoms with Crippen LogP contribution in [0.1, 0.15) is 29.5 Å². The zero-order valence-corrected chi connectivity index (χ0v) is 12.0. The summed E-state index contributed by atoms with van der Waals surface area (Å²) in [6.07, 6.45) is 0.860. The average Bonchev–Trinajstić information content (AvgIpc) is 2.78. The molecule has 1 N–H and O–H groups in total. The first-order chi connectivity index (χ1) is 9.60. The number of ether oxygens (including phenoxy) is 2. The molecule has 1 heterocycles. The van der Waals surface area contributed by atoms with Gasteiger partial charge in [0.05, 0.1) is 12.3 Å². The molecule has 0 atom stereocenters. The summed E-state index contributed by atoms with van der Waals surface area (Å²) in [6, 6.07) is 0. The second-order valence-corrected chi connectivity index (χ2v) is 4.16. The lowest BCUT2D eigenvalue weighted by molar-refractivity contribution is -0.121. The lowest BCUT2D eigenvalue weighted by Crippen LogP contribution is -2.29. The van der Waals surface area contributed by atoms with E-state index in [0.717, 1.165) is 6.42 Å². The first-order valence-corrected chi connectivity index (χ1v) is 6.43. The van der Waals surface area contributed by atoms with E-state index in [1.807, 2.05) is 6.92 Å². The first-order valence-electron chi connectivity index (χ1n) is 6.43. The normalized spacial score (nSPS) is 10.3. The molecular formula is C12H20N4O4. The minimum Gasteiger partial charge on any atom is -0.458 e. The third kappa shape index (κ3) is 4.61. The number of carbonyl (C=O) groups excluding carboxylic acids is 2. The molecule has 0 bridgehead atoms. The summed E-state index contributed by atoms with van der Waals surface area (Å²) >= 11 is 0. The molecule has 1 aromatic rings. The number of carbonyl (C=O) groups is 2. The van der Waals surface area contributed by atoms with Crippen LogP contribution in [-0.4, -0.2) is 53.7 Å². The molecule has 112 valence electrons. The summed E-state index contributed by atoms with van der Waals surface area (Å²) in [5.41, 5.74) is 0.614. The molecule has 20 heavy (non-hydrogen) atoms. The van der Waals surface area contributed by atoms with Gasteiger partial charge in [0.2, 0.25) is 5.91 Å². The summed E-state index contributed by atoms with van der Waals surface area (Å²) in [5.74, 6) is -0.737. The predicted octanol–water partition coefficient (Wildman–Crippen LogP) is -0.0841. The van der Waals surface area contributed by atoms with Crippen LogP contribution in [-0.2, 0) is 20.8 Å². The Morgan fingerprint density at radius 1 is 1.35 bits per heavy atom. The van der Waals surface area contributed by atoms with E-state index in [2.05, 4.69) is 15.6 Å². The van der Waals surface area contributed by atoms with Gasteiger partial charge in [0.25, 0.3) is 0 Å². The Balaban J connectivity index is 2.60. The molecule has 1 amide bonds. The van der Waals surface area contributed by atoms with Gasteiger partial charge in [-0.15, -0.1) is 5.10 Å². The summed E-state index contributed by atoms with van der Waals surface area (Å²) in [7, 11) is 1.52. The molecule has 0 saturated carbocycles. The second kappa shape index (κ2) is 8.26. The standard InChI is InChI=1S/C12H20N4O4/c1-4-5-13-10(17)8-16-9(2)11(14-15-16)12(18)20-7-6-19-3/h4-8H2,1-3H3,(H,13,17). The van der Waals surface area contributed by atoms with Gasteiger partial charge in [-0.1, -0.05) is 12.1 Å². The monoisotopic (exact) mass is 284 g/mol. The molecule has 0 aliphatic rings. The van der Waals surface area contributed by atoms with Gasteiger partial charge in [0.1, 0.15) is 13.2 Å². The molecule has 0 fully saturated rings. The topological polar surface area (TPSA) is 95.3 Å². The molecule has 1 aromatic heterocycles. The SMILES string of the molecule is CCCNC(=O)Cn1nnc(C(=O)OCCOC)c1C. The fourth-order valence-corrected chi connectivity index (χ4v) is 1.44.